The lowest BCUT2D eigenvalue weighted by atomic mass is 10.1. The summed E-state index contributed by atoms with van der Waals surface area (Å²) in [5, 5.41) is 26.2. The maximum Gasteiger partial charge on any atom is 0.307 e. The first-order valence-corrected chi connectivity index (χ1v) is 6.88. The van der Waals surface area contributed by atoms with E-state index in [9.17, 15) is 10.1 Å². The number of nitrogens with zero attached hydrogens (tertiary/aromatic N) is 7. The van der Waals surface area contributed by atoms with Crippen LogP contribution in [0.4, 0.5) is 5.69 Å². The van der Waals surface area contributed by atoms with E-state index in [1.54, 1.807) is 19.4 Å². The minimum absolute atomic E-state index is 0.0562. The molecule has 0 bridgehead atoms. The van der Waals surface area contributed by atoms with Crippen molar-refractivity contribution in [1.29, 1.82) is 0 Å². The van der Waals surface area contributed by atoms with Gasteiger partial charge in [-0.25, -0.2) is 4.68 Å². The average Bonchev–Trinajstić information content (AvgIpc) is 3.25. The number of aromatic nitrogens is 5. The van der Waals surface area contributed by atoms with E-state index in [0.717, 1.165) is 11.1 Å². The van der Waals surface area contributed by atoms with E-state index >= 15 is 0 Å². The van der Waals surface area contributed by atoms with Crippen molar-refractivity contribution in [2.75, 3.05) is 7.11 Å². The van der Waals surface area contributed by atoms with Crippen LogP contribution in [-0.4, -0.2) is 42.9 Å². The van der Waals surface area contributed by atoms with E-state index in [2.05, 4.69) is 20.4 Å². The van der Waals surface area contributed by atoms with Crippen LogP contribution in [0.5, 0.6) is 5.75 Å². The van der Waals surface area contributed by atoms with Crippen LogP contribution in [0.3, 0.4) is 0 Å². The number of methoxy groups -OCH3 is 1. The van der Waals surface area contributed by atoms with Crippen molar-refractivity contribution in [2.45, 2.75) is 6.54 Å². The molecule has 2 heterocycles. The minimum atomic E-state index is -0.483. The molecule has 0 aliphatic carbocycles. The summed E-state index contributed by atoms with van der Waals surface area (Å²) in [6.07, 6.45) is 7.19. The van der Waals surface area contributed by atoms with Gasteiger partial charge in [-0.2, -0.15) is 10.2 Å². The first-order chi connectivity index (χ1) is 11.7. The predicted octanol–water partition coefficient (Wildman–Crippen LogP) is 1.32. The third kappa shape index (κ3) is 3.43. The Balaban J connectivity index is 1.84. The molecule has 0 radical (unpaired) electrons. The standard InChI is InChI=1S/C14H13N7O3/c1-24-14-3-2-11(5-17-20-9-15-16-10-20)4-12(14)7-19-8-13(6-18-19)21(22)23/h2-6,8-10H,7H2,1H3/b17-5+. The lowest BCUT2D eigenvalue weighted by Crippen LogP contribution is -2.03. The van der Waals surface area contributed by atoms with Crippen molar-refractivity contribution >= 4 is 11.9 Å². The summed E-state index contributed by atoms with van der Waals surface area (Å²) in [5.41, 5.74) is 1.60. The second-order valence-electron chi connectivity index (χ2n) is 4.81. The molecule has 2 aromatic heterocycles. The second-order valence-corrected chi connectivity index (χ2v) is 4.81. The molecule has 10 nitrogen and oxygen atoms in total. The van der Waals surface area contributed by atoms with E-state index in [0.29, 0.717) is 12.3 Å². The Morgan fingerprint density at radius 1 is 1.38 bits per heavy atom. The molecule has 0 aliphatic heterocycles. The van der Waals surface area contributed by atoms with E-state index in [4.69, 9.17) is 4.74 Å². The van der Waals surface area contributed by atoms with Crippen LogP contribution in [0.15, 0.2) is 48.3 Å². The van der Waals surface area contributed by atoms with Crippen molar-refractivity contribution < 1.29 is 9.66 Å². The highest BCUT2D eigenvalue weighted by atomic mass is 16.6. The average molecular weight is 327 g/mol. The fourth-order valence-corrected chi connectivity index (χ4v) is 2.10. The Kier molecular flexibility index (Phi) is 4.27. The van der Waals surface area contributed by atoms with E-state index in [1.165, 1.54) is 34.4 Å². The Hall–Kier alpha value is -3.56. The molecule has 122 valence electrons. The number of hydrogen-bond donors (Lipinski definition) is 0. The Morgan fingerprint density at radius 2 is 2.17 bits per heavy atom. The van der Waals surface area contributed by atoms with Gasteiger partial charge in [0.1, 0.15) is 30.8 Å². The van der Waals surface area contributed by atoms with Gasteiger partial charge < -0.3 is 4.74 Å². The highest BCUT2D eigenvalue weighted by Gasteiger charge is 2.11. The van der Waals surface area contributed by atoms with Crippen molar-refractivity contribution in [3.63, 3.8) is 0 Å². The highest BCUT2D eigenvalue weighted by molar-refractivity contribution is 5.80. The van der Waals surface area contributed by atoms with Crippen LogP contribution in [0.25, 0.3) is 0 Å². The zero-order chi connectivity index (χ0) is 16.9. The van der Waals surface area contributed by atoms with E-state index < -0.39 is 4.92 Å². The molecule has 0 aliphatic rings. The molecule has 24 heavy (non-hydrogen) atoms. The summed E-state index contributed by atoms with van der Waals surface area (Å²) in [6.45, 7) is 0.339. The summed E-state index contributed by atoms with van der Waals surface area (Å²) >= 11 is 0. The zero-order valence-electron chi connectivity index (χ0n) is 12.7. The Morgan fingerprint density at radius 3 is 2.83 bits per heavy atom. The van der Waals surface area contributed by atoms with Gasteiger partial charge in [0.2, 0.25) is 0 Å². The smallest absolute Gasteiger partial charge is 0.307 e. The van der Waals surface area contributed by atoms with Gasteiger partial charge in [0, 0.05) is 5.56 Å². The first kappa shape index (κ1) is 15.3. The molecule has 1 aromatic carbocycles. The number of nitro groups is 1. The topological polar surface area (TPSA) is 113 Å². The van der Waals surface area contributed by atoms with Crippen LogP contribution in [-0.2, 0) is 6.54 Å². The van der Waals surface area contributed by atoms with Gasteiger partial charge in [-0.3, -0.25) is 14.8 Å². The van der Waals surface area contributed by atoms with Gasteiger partial charge in [-0.05, 0) is 23.8 Å². The van der Waals surface area contributed by atoms with Gasteiger partial charge in [-0.15, -0.1) is 10.2 Å². The molecule has 0 atom stereocenters. The van der Waals surface area contributed by atoms with Crippen LogP contribution in [0.1, 0.15) is 11.1 Å². The molecular formula is C14H13N7O3. The molecule has 10 heteroatoms. The third-order valence-corrected chi connectivity index (χ3v) is 3.21. The van der Waals surface area contributed by atoms with Gasteiger partial charge in [0.05, 0.1) is 24.8 Å². The lowest BCUT2D eigenvalue weighted by molar-refractivity contribution is -0.385. The molecule has 0 amide bonds. The fourth-order valence-electron chi connectivity index (χ4n) is 2.10. The van der Waals surface area contributed by atoms with Gasteiger partial charge in [-0.1, -0.05) is 0 Å². The largest absolute Gasteiger partial charge is 0.496 e. The summed E-state index contributed by atoms with van der Waals surface area (Å²) in [7, 11) is 1.56. The van der Waals surface area contributed by atoms with Crippen molar-refractivity contribution in [1.82, 2.24) is 24.7 Å². The van der Waals surface area contributed by atoms with Crippen LogP contribution in [0.2, 0.25) is 0 Å². The SMILES string of the molecule is COc1ccc(/C=N/n2cnnc2)cc1Cn1cc([N+](=O)[O-])cn1. The maximum absolute atomic E-state index is 10.7. The molecule has 0 N–H and O–H groups in total. The van der Waals surface area contributed by atoms with Gasteiger partial charge >= 0.3 is 5.69 Å². The molecule has 0 saturated carbocycles. The zero-order valence-corrected chi connectivity index (χ0v) is 12.7. The molecule has 0 unspecified atom stereocenters. The summed E-state index contributed by atoms with van der Waals surface area (Å²) in [6, 6.07) is 5.53. The quantitative estimate of drug-likeness (QED) is 0.383. The van der Waals surface area contributed by atoms with Crippen LogP contribution >= 0.6 is 0 Å². The van der Waals surface area contributed by atoms with Crippen LogP contribution in [0, 0.1) is 10.1 Å². The molecule has 0 fully saturated rings. The predicted molar refractivity (Wildman–Crippen MR) is 84.0 cm³/mol. The Bertz CT molecular complexity index is 870. The van der Waals surface area contributed by atoms with Crippen molar-refractivity contribution in [3.05, 3.63) is 64.5 Å². The summed E-state index contributed by atoms with van der Waals surface area (Å²) in [5.74, 6) is 0.662. The van der Waals surface area contributed by atoms with Gasteiger partial charge in [0.25, 0.3) is 0 Å². The van der Waals surface area contributed by atoms with Crippen LogP contribution < -0.4 is 4.74 Å². The highest BCUT2D eigenvalue weighted by Crippen LogP contribution is 2.21. The first-order valence-electron chi connectivity index (χ1n) is 6.88. The van der Waals surface area contributed by atoms with Crippen molar-refractivity contribution in [3.8, 4) is 5.75 Å². The molecule has 3 rings (SSSR count). The monoisotopic (exact) mass is 327 g/mol. The van der Waals surface area contributed by atoms with Gasteiger partial charge in [0.15, 0.2) is 0 Å². The molecule has 0 saturated heterocycles. The molecule has 0 spiro atoms. The number of hydrogen-bond acceptors (Lipinski definition) is 7. The summed E-state index contributed by atoms with van der Waals surface area (Å²) in [4.78, 5) is 10.3. The number of rotatable bonds is 6. The summed E-state index contributed by atoms with van der Waals surface area (Å²) < 4.78 is 8.29. The Labute approximate surface area is 136 Å². The number of benzene rings is 1. The van der Waals surface area contributed by atoms with E-state index in [-0.39, 0.29) is 5.69 Å². The number of ether oxygens (including phenoxy) is 1. The fraction of sp³-hybridized carbons (Fsp3) is 0.143. The molecular weight excluding hydrogens is 314 g/mol. The molecule has 3 aromatic rings. The third-order valence-electron chi connectivity index (χ3n) is 3.21. The maximum atomic E-state index is 10.7. The minimum Gasteiger partial charge on any atom is -0.496 e. The lowest BCUT2D eigenvalue weighted by Gasteiger charge is -2.09. The normalized spacial score (nSPS) is 11.0. The van der Waals surface area contributed by atoms with E-state index in [1.807, 2.05) is 12.1 Å². The second kappa shape index (κ2) is 6.69. The van der Waals surface area contributed by atoms with Crippen molar-refractivity contribution in [2.24, 2.45) is 5.10 Å².